The predicted octanol–water partition coefficient (Wildman–Crippen LogP) is 4.00. The van der Waals surface area contributed by atoms with Gasteiger partial charge in [-0.15, -0.1) is 0 Å². The molecule has 8 heteroatoms. The first-order valence-corrected chi connectivity index (χ1v) is 13.1. The highest BCUT2D eigenvalue weighted by Gasteiger charge is 2.48. The molecule has 4 bridgehead atoms. The Labute approximate surface area is 202 Å². The molecule has 6 rings (SSSR count). The molecule has 188 valence electrons. The van der Waals surface area contributed by atoms with E-state index in [0.717, 1.165) is 24.7 Å². The van der Waals surface area contributed by atoms with Crippen molar-refractivity contribution < 1.29 is 19.1 Å². The van der Waals surface area contributed by atoms with Crippen LogP contribution in [0.1, 0.15) is 76.1 Å². The van der Waals surface area contributed by atoms with Gasteiger partial charge in [-0.1, -0.05) is 0 Å². The number of aromatic nitrogens is 2. The summed E-state index contributed by atoms with van der Waals surface area (Å²) in [6.45, 7) is 7.49. The van der Waals surface area contributed by atoms with Crippen molar-refractivity contribution in [1.29, 1.82) is 0 Å². The normalized spacial score (nSPS) is 30.9. The van der Waals surface area contributed by atoms with Crippen LogP contribution in [0, 0.1) is 29.6 Å². The van der Waals surface area contributed by atoms with Crippen molar-refractivity contribution in [2.24, 2.45) is 36.6 Å². The zero-order valence-corrected chi connectivity index (χ0v) is 21.1. The monoisotopic (exact) mass is 472 g/mol. The molecule has 34 heavy (non-hydrogen) atoms. The van der Waals surface area contributed by atoms with Crippen molar-refractivity contribution in [3.63, 3.8) is 0 Å². The third kappa shape index (κ3) is 4.91. The molecule has 5 aliphatic rings. The fourth-order valence-electron chi connectivity index (χ4n) is 6.95. The second kappa shape index (κ2) is 9.08. The van der Waals surface area contributed by atoms with Crippen molar-refractivity contribution >= 4 is 12.0 Å². The topological polar surface area (TPSA) is 85.7 Å². The van der Waals surface area contributed by atoms with E-state index in [2.05, 4.69) is 10.4 Å². The first-order valence-electron chi connectivity index (χ1n) is 13.1. The number of carbonyl (C=O) groups is 2. The van der Waals surface area contributed by atoms with Gasteiger partial charge in [-0.3, -0.25) is 4.79 Å². The lowest BCUT2D eigenvalue weighted by atomic mass is 9.54. The summed E-state index contributed by atoms with van der Waals surface area (Å²) in [6.07, 6.45) is 9.59. The molecule has 2 heterocycles. The Morgan fingerprint density at radius 3 is 2.26 bits per heavy atom. The average Bonchev–Trinajstić information content (AvgIpc) is 3.14. The Hall–Kier alpha value is -2.25. The molecule has 0 atom stereocenters. The highest BCUT2D eigenvalue weighted by molar-refractivity contribution is 5.96. The van der Waals surface area contributed by atoms with E-state index in [0.29, 0.717) is 54.9 Å². The van der Waals surface area contributed by atoms with Crippen molar-refractivity contribution in [2.75, 3.05) is 19.7 Å². The lowest BCUT2D eigenvalue weighted by molar-refractivity contribution is -0.0120. The molecule has 1 N–H and O–H groups in total. The lowest BCUT2D eigenvalue weighted by Gasteiger charge is -2.54. The number of nitrogens with one attached hydrogen (secondary N) is 1. The Kier molecular flexibility index (Phi) is 6.27. The van der Waals surface area contributed by atoms with Gasteiger partial charge >= 0.3 is 6.09 Å². The molecule has 0 spiro atoms. The standard InChI is InChI=1S/C26H40N4O4/c1-26(2,3)34-25(32)30-7-5-16(6-8-30)15-33-24-21(14-27-29(24)4)23(31)28-22-19-10-17-9-18(12-19)13-20(22)11-17/h14,16-20,22H,5-13,15H2,1-4H3,(H,28,31). The van der Waals surface area contributed by atoms with E-state index in [1.165, 1.54) is 32.1 Å². The van der Waals surface area contributed by atoms with E-state index in [1.807, 2.05) is 27.8 Å². The predicted molar refractivity (Wildman–Crippen MR) is 128 cm³/mol. The van der Waals surface area contributed by atoms with Gasteiger partial charge in [0.15, 0.2) is 0 Å². The average molecular weight is 473 g/mol. The van der Waals surface area contributed by atoms with Crippen LogP contribution in [-0.2, 0) is 11.8 Å². The Bertz CT molecular complexity index is 884. The summed E-state index contributed by atoms with van der Waals surface area (Å²) in [4.78, 5) is 27.3. The molecule has 1 aromatic heterocycles. The molecular weight excluding hydrogens is 432 g/mol. The van der Waals surface area contributed by atoms with Gasteiger partial charge < -0.3 is 19.7 Å². The van der Waals surface area contributed by atoms with Crippen LogP contribution in [-0.4, -0.2) is 58.0 Å². The van der Waals surface area contributed by atoms with Gasteiger partial charge in [0.05, 0.1) is 12.8 Å². The minimum atomic E-state index is -0.482. The maximum atomic E-state index is 13.3. The summed E-state index contributed by atoms with van der Waals surface area (Å²) in [5.41, 5.74) is 0.0482. The van der Waals surface area contributed by atoms with Gasteiger partial charge in [-0.2, -0.15) is 5.10 Å². The molecule has 0 aromatic carbocycles. The molecule has 4 aliphatic carbocycles. The van der Waals surface area contributed by atoms with Crippen LogP contribution in [0.5, 0.6) is 5.88 Å². The van der Waals surface area contributed by atoms with Crippen molar-refractivity contribution in [1.82, 2.24) is 20.0 Å². The van der Waals surface area contributed by atoms with Gasteiger partial charge in [0, 0.05) is 26.2 Å². The maximum absolute atomic E-state index is 13.3. The largest absolute Gasteiger partial charge is 0.477 e. The number of ether oxygens (including phenoxy) is 2. The van der Waals surface area contributed by atoms with Crippen LogP contribution in [0.3, 0.4) is 0 Å². The number of hydrogen-bond acceptors (Lipinski definition) is 5. The highest BCUT2D eigenvalue weighted by Crippen LogP contribution is 2.53. The van der Waals surface area contributed by atoms with Gasteiger partial charge in [0.1, 0.15) is 11.2 Å². The second-order valence-electron chi connectivity index (χ2n) is 12.1. The number of carbonyl (C=O) groups excluding carboxylic acids is 2. The molecule has 1 aromatic rings. The van der Waals surface area contributed by atoms with Crippen LogP contribution >= 0.6 is 0 Å². The molecule has 1 aliphatic heterocycles. The number of amides is 2. The zero-order valence-electron chi connectivity index (χ0n) is 21.1. The number of aryl methyl sites for hydroxylation is 1. The van der Waals surface area contributed by atoms with Crippen LogP contribution in [0.2, 0.25) is 0 Å². The summed E-state index contributed by atoms with van der Waals surface area (Å²) in [7, 11) is 1.82. The first-order chi connectivity index (χ1) is 16.2. The fraction of sp³-hybridized carbons (Fsp3) is 0.808. The van der Waals surface area contributed by atoms with E-state index in [1.54, 1.807) is 15.8 Å². The first kappa shape index (κ1) is 23.5. The fourth-order valence-corrected chi connectivity index (χ4v) is 6.95. The summed E-state index contributed by atoms with van der Waals surface area (Å²) < 4.78 is 13.3. The summed E-state index contributed by atoms with van der Waals surface area (Å²) in [6, 6.07) is 0.297. The molecular formula is C26H40N4O4. The minimum Gasteiger partial charge on any atom is -0.477 e. The molecule has 0 unspecified atom stereocenters. The number of rotatable bonds is 5. The SMILES string of the molecule is Cn1ncc(C(=O)NC2C3CC4CC(C3)CC2C4)c1OCC1CCN(C(=O)OC(C)(C)C)CC1. The second-order valence-corrected chi connectivity index (χ2v) is 12.1. The summed E-state index contributed by atoms with van der Waals surface area (Å²) in [5.74, 6) is 3.85. The van der Waals surface area contributed by atoms with Crippen LogP contribution in [0.4, 0.5) is 4.79 Å². The highest BCUT2D eigenvalue weighted by atomic mass is 16.6. The lowest BCUT2D eigenvalue weighted by Crippen LogP contribution is -2.55. The van der Waals surface area contributed by atoms with Crippen LogP contribution in [0.25, 0.3) is 0 Å². The van der Waals surface area contributed by atoms with E-state index < -0.39 is 5.60 Å². The molecule has 5 fully saturated rings. The number of hydrogen-bond donors (Lipinski definition) is 1. The van der Waals surface area contributed by atoms with E-state index >= 15 is 0 Å². The Morgan fingerprint density at radius 1 is 1.06 bits per heavy atom. The quantitative estimate of drug-likeness (QED) is 0.700. The Morgan fingerprint density at radius 2 is 1.68 bits per heavy atom. The minimum absolute atomic E-state index is 0.0553. The number of likely N-dealkylation sites (tertiary alicyclic amines) is 1. The molecule has 0 radical (unpaired) electrons. The third-order valence-electron chi connectivity index (χ3n) is 8.38. The van der Waals surface area contributed by atoms with E-state index in [4.69, 9.17) is 9.47 Å². The van der Waals surface area contributed by atoms with Crippen molar-refractivity contribution in [2.45, 2.75) is 77.4 Å². The van der Waals surface area contributed by atoms with Gasteiger partial charge in [0.2, 0.25) is 5.88 Å². The zero-order chi connectivity index (χ0) is 24.0. The number of nitrogens with zero attached hydrogens (tertiary/aromatic N) is 3. The molecule has 8 nitrogen and oxygen atoms in total. The number of piperidine rings is 1. The van der Waals surface area contributed by atoms with Crippen LogP contribution in [0.15, 0.2) is 6.20 Å². The van der Waals surface area contributed by atoms with Crippen LogP contribution < -0.4 is 10.1 Å². The van der Waals surface area contributed by atoms with Crippen molar-refractivity contribution in [3.8, 4) is 5.88 Å². The molecule has 2 amide bonds. The molecule has 4 saturated carbocycles. The maximum Gasteiger partial charge on any atom is 0.410 e. The molecule has 1 saturated heterocycles. The summed E-state index contributed by atoms with van der Waals surface area (Å²) in [5, 5.41) is 7.69. The van der Waals surface area contributed by atoms with Crippen molar-refractivity contribution in [3.05, 3.63) is 11.8 Å². The smallest absolute Gasteiger partial charge is 0.410 e. The van der Waals surface area contributed by atoms with Gasteiger partial charge in [-0.05, 0) is 95.3 Å². The Balaban J connectivity index is 1.14. The summed E-state index contributed by atoms with van der Waals surface area (Å²) >= 11 is 0. The van der Waals surface area contributed by atoms with Gasteiger partial charge in [-0.25, -0.2) is 9.48 Å². The van der Waals surface area contributed by atoms with E-state index in [-0.39, 0.29) is 12.0 Å². The third-order valence-corrected chi connectivity index (χ3v) is 8.38. The van der Waals surface area contributed by atoms with E-state index in [9.17, 15) is 9.59 Å². The van der Waals surface area contributed by atoms with Gasteiger partial charge in [0.25, 0.3) is 5.91 Å².